The van der Waals surface area contributed by atoms with Gasteiger partial charge in [-0.2, -0.15) is 0 Å². The van der Waals surface area contributed by atoms with Crippen LogP contribution in [0.2, 0.25) is 5.02 Å². The highest BCUT2D eigenvalue weighted by molar-refractivity contribution is 9.10. The van der Waals surface area contributed by atoms with Crippen LogP contribution >= 0.6 is 27.5 Å². The second kappa shape index (κ2) is 8.57. The minimum absolute atomic E-state index is 0.000222. The molecule has 26 heavy (non-hydrogen) atoms. The van der Waals surface area contributed by atoms with Crippen LogP contribution in [0.25, 0.3) is 0 Å². The molecule has 0 bridgehead atoms. The lowest BCUT2D eigenvalue weighted by Crippen LogP contribution is -2.42. The molecule has 6 heteroatoms. The standard InChI is InChI=1S/C20H25BrClNO3/c1-5-26-19(25)8-9-23-12-15(13(2)3)20(4,11-18(23)24)14-6-7-16(21)17(22)10-14/h6-7,10,12-13H,5,8-9,11H2,1-4H3/t20-/m0/s1. The lowest BCUT2D eigenvalue weighted by atomic mass is 9.68. The number of carbonyl (C=O) groups is 2. The van der Waals surface area contributed by atoms with Crippen molar-refractivity contribution in [3.8, 4) is 0 Å². The van der Waals surface area contributed by atoms with Gasteiger partial charge in [0.05, 0.1) is 18.1 Å². The predicted molar refractivity (Wildman–Crippen MR) is 107 cm³/mol. The van der Waals surface area contributed by atoms with Crippen molar-refractivity contribution in [1.29, 1.82) is 0 Å². The van der Waals surface area contributed by atoms with Crippen molar-refractivity contribution < 1.29 is 14.3 Å². The van der Waals surface area contributed by atoms with Gasteiger partial charge in [0.2, 0.25) is 5.91 Å². The molecule has 0 unspecified atom stereocenters. The van der Waals surface area contributed by atoms with Crippen molar-refractivity contribution in [2.45, 2.75) is 46.0 Å². The van der Waals surface area contributed by atoms with Gasteiger partial charge >= 0.3 is 5.97 Å². The van der Waals surface area contributed by atoms with Crippen molar-refractivity contribution in [2.75, 3.05) is 13.2 Å². The van der Waals surface area contributed by atoms with E-state index in [4.69, 9.17) is 16.3 Å². The van der Waals surface area contributed by atoms with E-state index >= 15 is 0 Å². The summed E-state index contributed by atoms with van der Waals surface area (Å²) in [6.45, 7) is 8.77. The van der Waals surface area contributed by atoms with Crippen LogP contribution in [-0.4, -0.2) is 29.9 Å². The molecule has 0 aliphatic carbocycles. The number of carbonyl (C=O) groups excluding carboxylic acids is 2. The quantitative estimate of drug-likeness (QED) is 0.577. The number of allylic oxidation sites excluding steroid dienone is 1. The highest BCUT2D eigenvalue weighted by Gasteiger charge is 2.40. The van der Waals surface area contributed by atoms with E-state index in [-0.39, 0.29) is 24.2 Å². The van der Waals surface area contributed by atoms with E-state index in [1.54, 1.807) is 11.8 Å². The number of hydrogen-bond donors (Lipinski definition) is 0. The first kappa shape index (κ1) is 21.0. The SMILES string of the molecule is CCOC(=O)CCN1C=C(C(C)C)[C@](C)(c2ccc(Br)c(Cl)c2)CC1=O. The second-order valence-electron chi connectivity index (χ2n) is 7.02. The monoisotopic (exact) mass is 441 g/mol. The summed E-state index contributed by atoms with van der Waals surface area (Å²) in [6, 6.07) is 5.84. The van der Waals surface area contributed by atoms with Crippen LogP contribution in [0.3, 0.4) is 0 Å². The van der Waals surface area contributed by atoms with Crippen LogP contribution in [-0.2, 0) is 19.7 Å². The van der Waals surface area contributed by atoms with Crippen molar-refractivity contribution in [3.63, 3.8) is 0 Å². The molecule has 0 fully saturated rings. The maximum Gasteiger partial charge on any atom is 0.307 e. The molecule has 1 aliphatic rings. The number of amides is 1. The molecule has 1 atom stereocenters. The van der Waals surface area contributed by atoms with Gasteiger partial charge < -0.3 is 9.64 Å². The zero-order chi connectivity index (χ0) is 19.5. The molecule has 0 radical (unpaired) electrons. The minimum Gasteiger partial charge on any atom is -0.466 e. The smallest absolute Gasteiger partial charge is 0.307 e. The molecule has 0 aromatic heterocycles. The zero-order valence-corrected chi connectivity index (χ0v) is 18.0. The molecular formula is C20H25BrClNO3. The molecule has 0 N–H and O–H groups in total. The summed E-state index contributed by atoms with van der Waals surface area (Å²) in [4.78, 5) is 26.0. The fourth-order valence-electron chi connectivity index (χ4n) is 3.42. The molecule has 1 aromatic carbocycles. The average Bonchev–Trinajstić information content (AvgIpc) is 2.56. The van der Waals surface area contributed by atoms with E-state index in [0.717, 1.165) is 15.6 Å². The Morgan fingerprint density at radius 1 is 1.42 bits per heavy atom. The third-order valence-electron chi connectivity index (χ3n) is 4.80. The number of ether oxygens (including phenoxy) is 1. The molecule has 0 saturated heterocycles. The molecule has 1 aliphatic heterocycles. The van der Waals surface area contributed by atoms with E-state index in [1.165, 1.54) is 0 Å². The second-order valence-corrected chi connectivity index (χ2v) is 8.28. The molecule has 1 amide bonds. The largest absolute Gasteiger partial charge is 0.466 e. The summed E-state index contributed by atoms with van der Waals surface area (Å²) in [6.07, 6.45) is 2.45. The molecular weight excluding hydrogens is 418 g/mol. The van der Waals surface area contributed by atoms with Crippen LogP contribution < -0.4 is 0 Å². The topological polar surface area (TPSA) is 46.6 Å². The van der Waals surface area contributed by atoms with Crippen molar-refractivity contribution >= 4 is 39.4 Å². The first-order valence-electron chi connectivity index (χ1n) is 8.81. The van der Waals surface area contributed by atoms with E-state index in [2.05, 4.69) is 36.7 Å². The Kier molecular flexibility index (Phi) is 6.92. The van der Waals surface area contributed by atoms with E-state index in [9.17, 15) is 9.59 Å². The first-order chi connectivity index (χ1) is 12.2. The average molecular weight is 443 g/mol. The van der Waals surface area contributed by atoms with Crippen LogP contribution in [0, 0.1) is 5.92 Å². The number of halogens is 2. The van der Waals surface area contributed by atoms with Gasteiger partial charge in [-0.05, 0) is 52.0 Å². The molecule has 1 aromatic rings. The van der Waals surface area contributed by atoms with E-state index in [0.29, 0.717) is 24.6 Å². The van der Waals surface area contributed by atoms with Gasteiger partial charge in [0.25, 0.3) is 0 Å². The highest BCUT2D eigenvalue weighted by atomic mass is 79.9. The Morgan fingerprint density at radius 2 is 2.12 bits per heavy atom. The Balaban J connectivity index is 2.34. The summed E-state index contributed by atoms with van der Waals surface area (Å²) in [5, 5.41) is 0.629. The number of rotatable bonds is 6. The Morgan fingerprint density at radius 3 is 2.69 bits per heavy atom. The number of hydrogen-bond acceptors (Lipinski definition) is 3. The van der Waals surface area contributed by atoms with Crippen molar-refractivity contribution in [3.05, 3.63) is 45.0 Å². The van der Waals surface area contributed by atoms with Crippen LogP contribution in [0.4, 0.5) is 0 Å². The fraction of sp³-hybridized carbons (Fsp3) is 0.500. The zero-order valence-electron chi connectivity index (χ0n) is 15.6. The third-order valence-corrected chi connectivity index (χ3v) is 6.03. The van der Waals surface area contributed by atoms with Crippen LogP contribution in [0.1, 0.15) is 46.1 Å². The lowest BCUT2D eigenvalue weighted by Gasteiger charge is -2.41. The third kappa shape index (κ3) is 4.49. The van der Waals surface area contributed by atoms with E-state index in [1.807, 2.05) is 24.4 Å². The van der Waals surface area contributed by atoms with Crippen molar-refractivity contribution in [1.82, 2.24) is 4.90 Å². The number of nitrogens with zero attached hydrogens (tertiary/aromatic N) is 1. The number of esters is 1. The summed E-state index contributed by atoms with van der Waals surface area (Å²) in [5.41, 5.74) is 1.75. The summed E-state index contributed by atoms with van der Waals surface area (Å²) in [7, 11) is 0. The maximum absolute atomic E-state index is 12.8. The molecule has 2 rings (SSSR count). The predicted octanol–water partition coefficient (Wildman–Crippen LogP) is 5.09. The molecule has 142 valence electrons. The molecule has 1 heterocycles. The van der Waals surface area contributed by atoms with Gasteiger partial charge in [0.15, 0.2) is 0 Å². The van der Waals surface area contributed by atoms with E-state index < -0.39 is 5.41 Å². The van der Waals surface area contributed by atoms with Gasteiger partial charge in [-0.15, -0.1) is 0 Å². The van der Waals surface area contributed by atoms with Gasteiger partial charge in [-0.3, -0.25) is 9.59 Å². The van der Waals surface area contributed by atoms with Gasteiger partial charge in [-0.25, -0.2) is 0 Å². The maximum atomic E-state index is 12.8. The Hall–Kier alpha value is -1.33. The summed E-state index contributed by atoms with van der Waals surface area (Å²) >= 11 is 9.71. The van der Waals surface area contributed by atoms with Crippen LogP contribution in [0.5, 0.6) is 0 Å². The van der Waals surface area contributed by atoms with Crippen molar-refractivity contribution in [2.24, 2.45) is 5.92 Å². The van der Waals surface area contributed by atoms with Crippen LogP contribution in [0.15, 0.2) is 34.4 Å². The minimum atomic E-state index is -0.421. The molecule has 0 spiro atoms. The number of benzene rings is 1. The summed E-state index contributed by atoms with van der Waals surface area (Å²) in [5.74, 6) is -0.0336. The normalized spacial score (nSPS) is 20.3. The highest BCUT2D eigenvalue weighted by Crippen LogP contribution is 2.44. The molecule has 4 nitrogen and oxygen atoms in total. The van der Waals surface area contributed by atoms with Gasteiger partial charge in [0.1, 0.15) is 0 Å². The first-order valence-corrected chi connectivity index (χ1v) is 9.99. The Bertz CT molecular complexity index is 732. The van der Waals surface area contributed by atoms with Gasteiger partial charge in [0, 0.05) is 29.1 Å². The lowest BCUT2D eigenvalue weighted by molar-refractivity contribution is -0.143. The summed E-state index contributed by atoms with van der Waals surface area (Å²) < 4.78 is 5.79. The Labute approximate surface area is 168 Å². The fourth-order valence-corrected chi connectivity index (χ4v) is 3.84. The van der Waals surface area contributed by atoms with Gasteiger partial charge in [-0.1, -0.05) is 38.4 Å². The molecule has 0 saturated carbocycles.